The number of benzene rings is 1. The van der Waals surface area contributed by atoms with Crippen molar-refractivity contribution in [2.75, 3.05) is 18.6 Å². The number of carbonyl (C=O) groups is 2. The lowest BCUT2D eigenvalue weighted by molar-refractivity contribution is -0.384. The van der Waals surface area contributed by atoms with Crippen molar-refractivity contribution in [1.82, 2.24) is 0 Å². The average molecular weight is 292 g/mol. The van der Waals surface area contributed by atoms with Gasteiger partial charge in [0.25, 0.3) is 11.6 Å². The van der Waals surface area contributed by atoms with Gasteiger partial charge < -0.3 is 9.64 Å². The van der Waals surface area contributed by atoms with E-state index in [1.165, 1.54) is 36.2 Å². The SMILES string of the molecule is CC1CC1C(=O)OCC(=O)N(C)c1ccc([N+](=O)[O-])cc1. The Hall–Kier alpha value is -2.44. The average Bonchev–Trinajstić information content (AvgIpc) is 3.20. The van der Waals surface area contributed by atoms with Crippen LogP contribution in [0.1, 0.15) is 13.3 Å². The van der Waals surface area contributed by atoms with E-state index in [1.807, 2.05) is 6.92 Å². The molecule has 1 aliphatic rings. The van der Waals surface area contributed by atoms with Crippen molar-refractivity contribution in [3.05, 3.63) is 34.4 Å². The molecule has 0 N–H and O–H groups in total. The second-order valence-corrected chi connectivity index (χ2v) is 5.15. The zero-order chi connectivity index (χ0) is 15.6. The largest absolute Gasteiger partial charge is 0.455 e. The van der Waals surface area contributed by atoms with Gasteiger partial charge in [0.2, 0.25) is 0 Å². The van der Waals surface area contributed by atoms with E-state index in [1.54, 1.807) is 0 Å². The maximum atomic E-state index is 11.9. The van der Waals surface area contributed by atoms with Crippen molar-refractivity contribution in [3.8, 4) is 0 Å². The van der Waals surface area contributed by atoms with Gasteiger partial charge in [0.1, 0.15) is 0 Å². The molecule has 1 aliphatic carbocycles. The van der Waals surface area contributed by atoms with Crippen LogP contribution in [0.5, 0.6) is 0 Å². The van der Waals surface area contributed by atoms with Crippen LogP contribution in [0.2, 0.25) is 0 Å². The molecule has 1 fully saturated rings. The minimum absolute atomic E-state index is 0.0475. The summed E-state index contributed by atoms with van der Waals surface area (Å²) in [6, 6.07) is 5.58. The van der Waals surface area contributed by atoms with Gasteiger partial charge in [0, 0.05) is 24.9 Å². The Labute approximate surface area is 121 Å². The number of non-ortho nitro benzene ring substituents is 1. The normalized spacial score (nSPS) is 19.7. The number of ether oxygens (including phenoxy) is 1. The molecule has 1 saturated carbocycles. The van der Waals surface area contributed by atoms with Crippen LogP contribution in [-0.2, 0) is 14.3 Å². The van der Waals surface area contributed by atoms with E-state index < -0.39 is 4.92 Å². The number of hydrogen-bond donors (Lipinski definition) is 0. The molecule has 0 aliphatic heterocycles. The van der Waals surface area contributed by atoms with Crippen molar-refractivity contribution in [2.45, 2.75) is 13.3 Å². The van der Waals surface area contributed by atoms with Crippen LogP contribution in [-0.4, -0.2) is 30.5 Å². The third-order valence-corrected chi connectivity index (χ3v) is 3.57. The molecule has 0 spiro atoms. The summed E-state index contributed by atoms with van der Waals surface area (Å²) in [6.45, 7) is 1.63. The lowest BCUT2D eigenvalue weighted by Gasteiger charge is -2.17. The van der Waals surface area contributed by atoms with Crippen molar-refractivity contribution >= 4 is 23.3 Å². The van der Waals surface area contributed by atoms with Crippen molar-refractivity contribution in [2.24, 2.45) is 11.8 Å². The number of amides is 1. The molecule has 0 aromatic heterocycles. The van der Waals surface area contributed by atoms with Gasteiger partial charge in [-0.05, 0) is 24.5 Å². The predicted octanol–water partition coefficient (Wildman–Crippen LogP) is 1.76. The molecule has 0 saturated heterocycles. The van der Waals surface area contributed by atoms with Crippen LogP contribution < -0.4 is 4.90 Å². The Morgan fingerprint density at radius 2 is 1.95 bits per heavy atom. The highest BCUT2D eigenvalue weighted by Crippen LogP contribution is 2.38. The summed E-state index contributed by atoms with van der Waals surface area (Å²) in [5.41, 5.74) is 0.454. The molecule has 0 heterocycles. The zero-order valence-electron chi connectivity index (χ0n) is 11.8. The Morgan fingerprint density at radius 3 is 2.43 bits per heavy atom. The predicted molar refractivity (Wildman–Crippen MR) is 74.7 cm³/mol. The lowest BCUT2D eigenvalue weighted by Crippen LogP contribution is -2.31. The summed E-state index contributed by atoms with van der Waals surface area (Å²) in [7, 11) is 1.52. The van der Waals surface area contributed by atoms with Gasteiger partial charge in [0.05, 0.1) is 10.8 Å². The second kappa shape index (κ2) is 5.90. The van der Waals surface area contributed by atoms with Crippen LogP contribution >= 0.6 is 0 Å². The van der Waals surface area contributed by atoms with Gasteiger partial charge in [-0.2, -0.15) is 0 Å². The smallest absolute Gasteiger partial charge is 0.309 e. The number of nitro groups is 1. The number of carbonyl (C=O) groups excluding carboxylic acids is 2. The van der Waals surface area contributed by atoms with Crippen LogP contribution in [0.3, 0.4) is 0 Å². The quantitative estimate of drug-likeness (QED) is 0.468. The van der Waals surface area contributed by atoms with E-state index >= 15 is 0 Å². The molecule has 7 nitrogen and oxygen atoms in total. The topological polar surface area (TPSA) is 89.8 Å². The number of likely N-dealkylation sites (N-methyl/N-ethyl adjacent to an activating group) is 1. The van der Waals surface area contributed by atoms with Crippen LogP contribution in [0.4, 0.5) is 11.4 Å². The van der Waals surface area contributed by atoms with Gasteiger partial charge in [-0.3, -0.25) is 19.7 Å². The molecule has 21 heavy (non-hydrogen) atoms. The molecule has 2 rings (SSSR count). The van der Waals surface area contributed by atoms with E-state index in [9.17, 15) is 19.7 Å². The summed E-state index contributed by atoms with van der Waals surface area (Å²) in [5, 5.41) is 10.6. The van der Waals surface area contributed by atoms with E-state index in [0.29, 0.717) is 11.6 Å². The van der Waals surface area contributed by atoms with Gasteiger partial charge >= 0.3 is 5.97 Å². The molecular weight excluding hydrogens is 276 g/mol. The number of nitro benzene ring substituents is 1. The third-order valence-electron chi connectivity index (χ3n) is 3.57. The van der Waals surface area contributed by atoms with Crippen LogP contribution in [0.25, 0.3) is 0 Å². The minimum Gasteiger partial charge on any atom is -0.455 e. The fourth-order valence-electron chi connectivity index (χ4n) is 1.93. The molecule has 2 unspecified atom stereocenters. The molecule has 1 amide bonds. The third kappa shape index (κ3) is 3.56. The minimum atomic E-state index is -0.510. The van der Waals surface area contributed by atoms with Crippen LogP contribution in [0, 0.1) is 22.0 Å². The summed E-state index contributed by atoms with van der Waals surface area (Å²) in [4.78, 5) is 34.8. The van der Waals surface area contributed by atoms with E-state index in [4.69, 9.17) is 4.74 Å². The first-order valence-corrected chi connectivity index (χ1v) is 6.58. The lowest BCUT2D eigenvalue weighted by atomic mass is 10.2. The molecule has 112 valence electrons. The highest BCUT2D eigenvalue weighted by molar-refractivity contribution is 5.95. The van der Waals surface area contributed by atoms with Gasteiger partial charge in [0.15, 0.2) is 6.61 Å². The molecule has 0 bridgehead atoms. The van der Waals surface area contributed by atoms with E-state index in [-0.39, 0.29) is 30.1 Å². The van der Waals surface area contributed by atoms with Crippen molar-refractivity contribution < 1.29 is 19.2 Å². The number of nitrogens with zero attached hydrogens (tertiary/aromatic N) is 2. The van der Waals surface area contributed by atoms with E-state index in [0.717, 1.165) is 6.42 Å². The maximum absolute atomic E-state index is 11.9. The monoisotopic (exact) mass is 292 g/mol. The molecule has 0 radical (unpaired) electrons. The molecule has 2 atom stereocenters. The molecule has 1 aromatic carbocycles. The first kappa shape index (κ1) is 15.0. The van der Waals surface area contributed by atoms with Crippen LogP contribution in [0.15, 0.2) is 24.3 Å². The number of esters is 1. The molecule has 7 heteroatoms. The van der Waals surface area contributed by atoms with Crippen molar-refractivity contribution in [3.63, 3.8) is 0 Å². The molecular formula is C14H16N2O5. The number of hydrogen-bond acceptors (Lipinski definition) is 5. The first-order chi connectivity index (χ1) is 9.90. The Morgan fingerprint density at radius 1 is 1.38 bits per heavy atom. The standard InChI is InChI=1S/C14H16N2O5/c1-9-7-12(9)14(18)21-8-13(17)15(2)10-3-5-11(6-4-10)16(19)20/h3-6,9,12H,7-8H2,1-2H3. The van der Waals surface area contributed by atoms with Gasteiger partial charge in [-0.15, -0.1) is 0 Å². The summed E-state index contributed by atoms with van der Waals surface area (Å²) < 4.78 is 4.96. The highest BCUT2D eigenvalue weighted by Gasteiger charge is 2.40. The van der Waals surface area contributed by atoms with Gasteiger partial charge in [-0.1, -0.05) is 6.92 Å². The molecule has 1 aromatic rings. The van der Waals surface area contributed by atoms with Gasteiger partial charge in [-0.25, -0.2) is 0 Å². The maximum Gasteiger partial charge on any atom is 0.309 e. The van der Waals surface area contributed by atoms with Crippen molar-refractivity contribution in [1.29, 1.82) is 0 Å². The highest BCUT2D eigenvalue weighted by atomic mass is 16.6. The fourth-order valence-corrected chi connectivity index (χ4v) is 1.93. The summed E-state index contributed by atoms with van der Waals surface area (Å²) in [6.07, 6.45) is 0.811. The fraction of sp³-hybridized carbons (Fsp3) is 0.429. The second-order valence-electron chi connectivity index (χ2n) is 5.15. The summed E-state index contributed by atoms with van der Waals surface area (Å²) >= 11 is 0. The Bertz CT molecular complexity index is 569. The zero-order valence-corrected chi connectivity index (χ0v) is 11.8. The number of anilines is 1. The Kier molecular flexibility index (Phi) is 4.21. The van der Waals surface area contributed by atoms with E-state index in [2.05, 4.69) is 0 Å². The summed E-state index contributed by atoms with van der Waals surface area (Å²) in [5.74, 6) is -0.471. The Balaban J connectivity index is 1.89. The first-order valence-electron chi connectivity index (χ1n) is 6.58. The number of rotatable bonds is 5.